The molecule has 0 amide bonds. The fourth-order valence-electron chi connectivity index (χ4n) is 1.08. The fraction of sp³-hybridized carbons (Fsp3) is 0.364. The first-order valence-corrected chi connectivity index (χ1v) is 5.00. The number of hydrogen-bond acceptors (Lipinski definition) is 2. The minimum absolute atomic E-state index is 0.425. The van der Waals surface area contributed by atoms with Crippen LogP contribution in [0.3, 0.4) is 0 Å². The van der Waals surface area contributed by atoms with Crippen molar-refractivity contribution in [3.05, 3.63) is 24.3 Å². The third kappa shape index (κ3) is 4.35. The second-order valence-corrected chi connectivity index (χ2v) is 3.87. The van der Waals surface area contributed by atoms with E-state index in [1.54, 1.807) is 0 Å². The molecule has 4 nitrogen and oxygen atoms in total. The lowest BCUT2D eigenvalue weighted by Gasteiger charge is -2.06. The van der Waals surface area contributed by atoms with Crippen molar-refractivity contribution in [3.8, 4) is 0 Å². The number of benzene rings is 1. The number of aliphatic imine (C=N–C) groups is 1. The van der Waals surface area contributed by atoms with Crippen LogP contribution in [0.5, 0.6) is 0 Å². The first kappa shape index (κ1) is 11.4. The summed E-state index contributed by atoms with van der Waals surface area (Å²) in [6, 6.07) is 7.41. The van der Waals surface area contributed by atoms with Gasteiger partial charge in [-0.05, 0) is 24.1 Å². The molecule has 0 aromatic heterocycles. The van der Waals surface area contributed by atoms with Crippen LogP contribution in [0, 0.1) is 5.92 Å². The van der Waals surface area contributed by atoms with Gasteiger partial charge in [-0.3, -0.25) is 4.99 Å². The van der Waals surface area contributed by atoms with Gasteiger partial charge in [0.25, 0.3) is 0 Å². The molecule has 0 radical (unpaired) electrons. The summed E-state index contributed by atoms with van der Waals surface area (Å²) in [6.07, 6.45) is 0. The molecule has 1 rings (SSSR count). The Morgan fingerprint density at radius 3 is 2.80 bits per heavy atom. The Morgan fingerprint density at radius 2 is 2.20 bits per heavy atom. The van der Waals surface area contributed by atoms with E-state index in [2.05, 4.69) is 24.2 Å². The van der Waals surface area contributed by atoms with Gasteiger partial charge in [0.05, 0.1) is 0 Å². The van der Waals surface area contributed by atoms with Gasteiger partial charge < -0.3 is 16.8 Å². The van der Waals surface area contributed by atoms with Crippen molar-refractivity contribution < 1.29 is 0 Å². The highest BCUT2D eigenvalue weighted by molar-refractivity contribution is 5.92. The van der Waals surface area contributed by atoms with Crippen molar-refractivity contribution in [1.29, 1.82) is 0 Å². The van der Waals surface area contributed by atoms with E-state index in [4.69, 9.17) is 11.5 Å². The molecule has 1 aromatic rings. The lowest BCUT2D eigenvalue weighted by molar-refractivity contribution is 0.665. The topological polar surface area (TPSA) is 76.4 Å². The maximum Gasteiger partial charge on any atom is 0.193 e. The number of rotatable bonds is 3. The van der Waals surface area contributed by atoms with Gasteiger partial charge in [0.15, 0.2) is 5.96 Å². The molecule has 1 aromatic carbocycles. The summed E-state index contributed by atoms with van der Waals surface area (Å²) in [5, 5.41) is 2.99. The molecule has 0 aliphatic carbocycles. The molecule has 4 heteroatoms. The van der Waals surface area contributed by atoms with Crippen molar-refractivity contribution in [2.75, 3.05) is 17.6 Å². The number of guanidine groups is 1. The number of hydrogen-bond donors (Lipinski definition) is 3. The number of nitrogens with one attached hydrogen (secondary N) is 1. The molecule has 0 unspecified atom stereocenters. The quantitative estimate of drug-likeness (QED) is 0.400. The normalized spacial score (nSPS) is 11.8. The zero-order valence-electron chi connectivity index (χ0n) is 9.20. The van der Waals surface area contributed by atoms with Gasteiger partial charge in [-0.2, -0.15) is 0 Å². The third-order valence-corrected chi connectivity index (χ3v) is 1.79. The maximum atomic E-state index is 5.70. The fourth-order valence-corrected chi connectivity index (χ4v) is 1.08. The summed E-state index contributed by atoms with van der Waals surface area (Å²) in [7, 11) is 0. The average Bonchev–Trinajstić information content (AvgIpc) is 2.15. The third-order valence-electron chi connectivity index (χ3n) is 1.79. The summed E-state index contributed by atoms with van der Waals surface area (Å²) < 4.78 is 0. The Bertz CT molecular complexity index is 344. The lowest BCUT2D eigenvalue weighted by Crippen LogP contribution is -2.23. The number of nitrogen functional groups attached to an aromatic ring is 1. The molecular weight excluding hydrogens is 188 g/mol. The van der Waals surface area contributed by atoms with Crippen molar-refractivity contribution in [3.63, 3.8) is 0 Å². The Morgan fingerprint density at radius 1 is 1.47 bits per heavy atom. The Balaban J connectivity index is 2.58. The standard InChI is InChI=1S/C11H18N4/c1-8(2)7-14-11(13)15-10-5-3-4-9(12)6-10/h3-6,8H,7,12H2,1-2H3,(H3,13,14,15). The van der Waals surface area contributed by atoms with Gasteiger partial charge in [0.1, 0.15) is 0 Å². The van der Waals surface area contributed by atoms with E-state index in [-0.39, 0.29) is 0 Å². The Kier molecular flexibility index (Phi) is 3.97. The smallest absolute Gasteiger partial charge is 0.193 e. The van der Waals surface area contributed by atoms with Crippen molar-refractivity contribution in [2.24, 2.45) is 16.6 Å². The molecule has 0 bridgehead atoms. The first-order chi connectivity index (χ1) is 7.08. The van der Waals surface area contributed by atoms with E-state index in [9.17, 15) is 0 Å². The minimum Gasteiger partial charge on any atom is -0.399 e. The van der Waals surface area contributed by atoms with Gasteiger partial charge in [0, 0.05) is 17.9 Å². The molecule has 0 atom stereocenters. The van der Waals surface area contributed by atoms with Crippen LogP contribution in [-0.2, 0) is 0 Å². The maximum absolute atomic E-state index is 5.70. The summed E-state index contributed by atoms with van der Waals surface area (Å²) in [5.41, 5.74) is 12.9. The van der Waals surface area contributed by atoms with E-state index in [0.29, 0.717) is 17.6 Å². The van der Waals surface area contributed by atoms with E-state index in [1.165, 1.54) is 0 Å². The number of nitrogens with zero attached hydrogens (tertiary/aromatic N) is 1. The predicted molar refractivity (Wildman–Crippen MR) is 65.8 cm³/mol. The summed E-state index contributed by atoms with van der Waals surface area (Å²) in [5.74, 6) is 0.931. The molecule has 0 aliphatic rings. The van der Waals surface area contributed by atoms with Gasteiger partial charge in [-0.1, -0.05) is 19.9 Å². The van der Waals surface area contributed by atoms with Crippen LogP contribution in [0.4, 0.5) is 11.4 Å². The minimum atomic E-state index is 0.425. The van der Waals surface area contributed by atoms with Crippen LogP contribution in [0.1, 0.15) is 13.8 Å². The zero-order chi connectivity index (χ0) is 11.3. The summed E-state index contributed by atoms with van der Waals surface area (Å²) in [6.45, 7) is 4.91. The van der Waals surface area contributed by atoms with Gasteiger partial charge in [-0.15, -0.1) is 0 Å². The van der Waals surface area contributed by atoms with Crippen LogP contribution in [0.15, 0.2) is 29.3 Å². The average molecular weight is 206 g/mol. The highest BCUT2D eigenvalue weighted by atomic mass is 15.1. The SMILES string of the molecule is CC(C)CN=C(N)Nc1cccc(N)c1. The molecule has 0 spiro atoms. The molecule has 82 valence electrons. The summed E-state index contributed by atoms with van der Waals surface area (Å²) >= 11 is 0. The number of anilines is 2. The predicted octanol–water partition coefficient (Wildman–Crippen LogP) is 1.65. The second kappa shape index (κ2) is 5.24. The van der Waals surface area contributed by atoms with E-state index in [0.717, 1.165) is 12.2 Å². The lowest BCUT2D eigenvalue weighted by atomic mass is 10.2. The Hall–Kier alpha value is -1.71. The largest absolute Gasteiger partial charge is 0.399 e. The van der Waals surface area contributed by atoms with Crippen LogP contribution < -0.4 is 16.8 Å². The summed E-state index contributed by atoms with van der Waals surface area (Å²) in [4.78, 5) is 4.19. The Labute approximate surface area is 90.4 Å². The second-order valence-electron chi connectivity index (χ2n) is 3.87. The molecule has 0 heterocycles. The number of nitrogens with two attached hydrogens (primary N) is 2. The van der Waals surface area contributed by atoms with E-state index >= 15 is 0 Å². The first-order valence-electron chi connectivity index (χ1n) is 5.00. The molecule has 0 saturated heterocycles. The zero-order valence-corrected chi connectivity index (χ0v) is 9.20. The van der Waals surface area contributed by atoms with Crippen molar-refractivity contribution in [2.45, 2.75) is 13.8 Å². The highest BCUT2D eigenvalue weighted by Crippen LogP contribution is 2.11. The molecule has 0 fully saturated rings. The molecule has 0 aliphatic heterocycles. The highest BCUT2D eigenvalue weighted by Gasteiger charge is 1.96. The molecule has 5 N–H and O–H groups in total. The molecular formula is C11H18N4. The molecule has 15 heavy (non-hydrogen) atoms. The van der Waals surface area contributed by atoms with E-state index in [1.807, 2.05) is 24.3 Å². The van der Waals surface area contributed by atoms with Crippen LogP contribution in [0.2, 0.25) is 0 Å². The van der Waals surface area contributed by atoms with Gasteiger partial charge in [-0.25, -0.2) is 0 Å². The van der Waals surface area contributed by atoms with Gasteiger partial charge >= 0.3 is 0 Å². The van der Waals surface area contributed by atoms with Crippen molar-refractivity contribution >= 4 is 17.3 Å². The van der Waals surface area contributed by atoms with Crippen LogP contribution in [-0.4, -0.2) is 12.5 Å². The van der Waals surface area contributed by atoms with Crippen molar-refractivity contribution in [1.82, 2.24) is 0 Å². The molecule has 0 saturated carbocycles. The van der Waals surface area contributed by atoms with Crippen LogP contribution >= 0.6 is 0 Å². The monoisotopic (exact) mass is 206 g/mol. The van der Waals surface area contributed by atoms with Gasteiger partial charge in [0.2, 0.25) is 0 Å². The van der Waals surface area contributed by atoms with E-state index < -0.39 is 0 Å². The van der Waals surface area contributed by atoms with Crippen LogP contribution in [0.25, 0.3) is 0 Å².